The molecule has 0 aromatic rings. The van der Waals surface area contributed by atoms with Crippen molar-refractivity contribution in [3.63, 3.8) is 0 Å². The molecule has 0 aromatic carbocycles. The van der Waals surface area contributed by atoms with Gasteiger partial charge in [-0.1, -0.05) is 13.8 Å². The monoisotopic (exact) mass is 254 g/mol. The maximum Gasteiger partial charge on any atom is 0.317 e. The molecule has 3 unspecified atom stereocenters. The topological polar surface area (TPSA) is 69.6 Å². The molecule has 2 amide bonds. The van der Waals surface area contributed by atoms with Crippen LogP contribution in [-0.4, -0.2) is 41.1 Å². The first-order valence-electron chi connectivity index (χ1n) is 6.74. The Morgan fingerprint density at radius 2 is 1.94 bits per heavy atom. The number of rotatable bonds is 3. The van der Waals surface area contributed by atoms with E-state index in [-0.39, 0.29) is 24.4 Å². The van der Waals surface area contributed by atoms with Crippen molar-refractivity contribution in [2.24, 2.45) is 17.8 Å². The van der Waals surface area contributed by atoms with Gasteiger partial charge in [-0.2, -0.15) is 0 Å². The molecule has 0 radical (unpaired) electrons. The molecule has 1 heterocycles. The SMILES string of the molecule is CC1CCC(NC(=O)N2CC(CC(=O)O)C2)C1C. The summed E-state index contributed by atoms with van der Waals surface area (Å²) >= 11 is 0. The minimum atomic E-state index is -0.779. The van der Waals surface area contributed by atoms with Crippen LogP contribution in [0.25, 0.3) is 0 Å². The summed E-state index contributed by atoms with van der Waals surface area (Å²) in [5, 5.41) is 11.7. The maximum atomic E-state index is 11.9. The molecule has 2 fully saturated rings. The summed E-state index contributed by atoms with van der Waals surface area (Å²) in [6, 6.07) is 0.258. The van der Waals surface area contributed by atoms with Gasteiger partial charge in [-0.15, -0.1) is 0 Å². The van der Waals surface area contributed by atoms with Crippen LogP contribution in [0.1, 0.15) is 33.1 Å². The lowest BCUT2D eigenvalue weighted by molar-refractivity contribution is -0.139. The van der Waals surface area contributed by atoms with Crippen molar-refractivity contribution in [2.45, 2.75) is 39.2 Å². The van der Waals surface area contributed by atoms with E-state index < -0.39 is 5.97 Å². The average molecular weight is 254 g/mol. The van der Waals surface area contributed by atoms with E-state index in [0.717, 1.165) is 6.42 Å². The molecule has 2 aliphatic rings. The quantitative estimate of drug-likeness (QED) is 0.802. The fraction of sp³-hybridized carbons (Fsp3) is 0.846. The number of nitrogens with zero attached hydrogens (tertiary/aromatic N) is 1. The molecule has 0 bridgehead atoms. The second-order valence-corrected chi connectivity index (χ2v) is 5.84. The van der Waals surface area contributed by atoms with Crippen LogP contribution in [0.4, 0.5) is 4.79 Å². The molecule has 102 valence electrons. The summed E-state index contributed by atoms with van der Waals surface area (Å²) in [5.74, 6) is 0.558. The third-order valence-corrected chi connectivity index (χ3v) is 4.48. The van der Waals surface area contributed by atoms with E-state index in [1.165, 1.54) is 6.42 Å². The molecular weight excluding hydrogens is 232 g/mol. The number of hydrogen-bond donors (Lipinski definition) is 2. The van der Waals surface area contributed by atoms with Crippen molar-refractivity contribution in [2.75, 3.05) is 13.1 Å². The van der Waals surface area contributed by atoms with E-state index in [4.69, 9.17) is 5.11 Å². The van der Waals surface area contributed by atoms with Crippen molar-refractivity contribution < 1.29 is 14.7 Å². The predicted molar refractivity (Wildman–Crippen MR) is 67.2 cm³/mol. The Labute approximate surface area is 108 Å². The number of carbonyl (C=O) groups is 2. The molecule has 2 N–H and O–H groups in total. The second-order valence-electron chi connectivity index (χ2n) is 5.84. The highest BCUT2D eigenvalue weighted by Crippen LogP contribution is 2.31. The zero-order valence-corrected chi connectivity index (χ0v) is 11.1. The van der Waals surface area contributed by atoms with Crippen LogP contribution in [0.15, 0.2) is 0 Å². The van der Waals surface area contributed by atoms with Gasteiger partial charge in [-0.25, -0.2) is 4.79 Å². The third kappa shape index (κ3) is 2.76. The summed E-state index contributed by atoms with van der Waals surface area (Å²) in [4.78, 5) is 24.2. The number of carboxylic acids is 1. The molecular formula is C13H22N2O3. The summed E-state index contributed by atoms with van der Waals surface area (Å²) in [7, 11) is 0. The van der Waals surface area contributed by atoms with Crippen molar-refractivity contribution in [1.29, 1.82) is 0 Å². The van der Waals surface area contributed by atoms with Crippen LogP contribution in [0.5, 0.6) is 0 Å². The number of amides is 2. The number of nitrogens with one attached hydrogen (secondary N) is 1. The van der Waals surface area contributed by atoms with Crippen LogP contribution in [0, 0.1) is 17.8 Å². The van der Waals surface area contributed by atoms with E-state index in [2.05, 4.69) is 19.2 Å². The molecule has 2 rings (SSSR count). The summed E-state index contributed by atoms with van der Waals surface area (Å²) in [6.45, 7) is 5.57. The summed E-state index contributed by atoms with van der Waals surface area (Å²) < 4.78 is 0. The van der Waals surface area contributed by atoms with Gasteiger partial charge >= 0.3 is 12.0 Å². The fourth-order valence-corrected chi connectivity index (χ4v) is 2.93. The number of carboxylic acid groups (broad SMARTS) is 1. The van der Waals surface area contributed by atoms with Gasteiger partial charge in [0.25, 0.3) is 0 Å². The van der Waals surface area contributed by atoms with Crippen LogP contribution < -0.4 is 5.32 Å². The lowest BCUT2D eigenvalue weighted by Gasteiger charge is -2.39. The molecule has 5 nitrogen and oxygen atoms in total. The first kappa shape index (κ1) is 13.2. The number of hydrogen-bond acceptors (Lipinski definition) is 2. The van der Waals surface area contributed by atoms with Gasteiger partial charge in [-0.05, 0) is 24.7 Å². The van der Waals surface area contributed by atoms with Crippen molar-refractivity contribution in [3.05, 3.63) is 0 Å². The van der Waals surface area contributed by atoms with E-state index in [1.807, 2.05) is 0 Å². The van der Waals surface area contributed by atoms with E-state index in [1.54, 1.807) is 4.90 Å². The lowest BCUT2D eigenvalue weighted by atomic mass is 9.96. The van der Waals surface area contributed by atoms with E-state index >= 15 is 0 Å². The van der Waals surface area contributed by atoms with E-state index in [0.29, 0.717) is 24.9 Å². The van der Waals surface area contributed by atoms with Gasteiger partial charge in [-0.3, -0.25) is 4.79 Å². The van der Waals surface area contributed by atoms with Gasteiger partial charge in [0.05, 0.1) is 6.42 Å². The van der Waals surface area contributed by atoms with Gasteiger partial charge in [0.2, 0.25) is 0 Å². The molecule has 0 spiro atoms. The van der Waals surface area contributed by atoms with Gasteiger partial charge in [0.15, 0.2) is 0 Å². The molecule has 1 saturated heterocycles. The van der Waals surface area contributed by atoms with Gasteiger partial charge in [0.1, 0.15) is 0 Å². The number of urea groups is 1. The Bertz CT molecular complexity index is 339. The highest BCUT2D eigenvalue weighted by atomic mass is 16.4. The minimum absolute atomic E-state index is 0.0254. The smallest absolute Gasteiger partial charge is 0.317 e. The van der Waals surface area contributed by atoms with Gasteiger partial charge in [0, 0.05) is 25.0 Å². The normalized spacial score (nSPS) is 32.1. The van der Waals surface area contributed by atoms with E-state index in [9.17, 15) is 9.59 Å². The Morgan fingerprint density at radius 1 is 1.28 bits per heavy atom. The lowest BCUT2D eigenvalue weighted by Crippen LogP contribution is -2.56. The highest BCUT2D eigenvalue weighted by molar-refractivity contribution is 5.76. The second kappa shape index (κ2) is 5.16. The molecule has 18 heavy (non-hydrogen) atoms. The zero-order chi connectivity index (χ0) is 13.3. The average Bonchev–Trinajstić information content (AvgIpc) is 2.54. The van der Waals surface area contributed by atoms with Crippen molar-refractivity contribution >= 4 is 12.0 Å². The Kier molecular flexibility index (Phi) is 3.78. The fourth-order valence-electron chi connectivity index (χ4n) is 2.93. The molecule has 1 aliphatic heterocycles. The molecule has 1 saturated carbocycles. The summed E-state index contributed by atoms with van der Waals surface area (Å²) in [6.07, 6.45) is 2.40. The standard InChI is InChI=1S/C13H22N2O3/c1-8-3-4-11(9(8)2)14-13(18)15-6-10(7-15)5-12(16)17/h8-11H,3-7H2,1-2H3,(H,14,18)(H,16,17). The zero-order valence-electron chi connectivity index (χ0n) is 11.1. The van der Waals surface area contributed by atoms with Crippen LogP contribution in [0.3, 0.4) is 0 Å². The van der Waals surface area contributed by atoms with Gasteiger partial charge < -0.3 is 15.3 Å². The number of aliphatic carboxylic acids is 1. The first-order valence-corrected chi connectivity index (χ1v) is 6.74. The van der Waals surface area contributed by atoms with Crippen molar-refractivity contribution in [3.8, 4) is 0 Å². The Hall–Kier alpha value is -1.26. The molecule has 5 heteroatoms. The molecule has 0 aromatic heterocycles. The van der Waals surface area contributed by atoms with Crippen molar-refractivity contribution in [1.82, 2.24) is 10.2 Å². The first-order chi connectivity index (χ1) is 8.47. The number of likely N-dealkylation sites (tertiary alicyclic amines) is 1. The minimum Gasteiger partial charge on any atom is -0.481 e. The Balaban J connectivity index is 1.72. The largest absolute Gasteiger partial charge is 0.481 e. The van der Waals surface area contributed by atoms with Crippen LogP contribution in [-0.2, 0) is 4.79 Å². The van der Waals surface area contributed by atoms with Crippen LogP contribution in [0.2, 0.25) is 0 Å². The number of carbonyl (C=O) groups excluding carboxylic acids is 1. The Morgan fingerprint density at radius 3 is 2.44 bits per heavy atom. The highest BCUT2D eigenvalue weighted by Gasteiger charge is 2.36. The molecule has 3 atom stereocenters. The van der Waals surface area contributed by atoms with Crippen LogP contribution >= 0.6 is 0 Å². The third-order valence-electron chi connectivity index (χ3n) is 4.48. The predicted octanol–water partition coefficient (Wildman–Crippen LogP) is 1.54. The molecule has 1 aliphatic carbocycles. The summed E-state index contributed by atoms with van der Waals surface area (Å²) in [5.41, 5.74) is 0. The maximum absolute atomic E-state index is 11.9.